The first-order valence-corrected chi connectivity index (χ1v) is 5.91. The van der Waals surface area contributed by atoms with Crippen LogP contribution in [0.5, 0.6) is 0 Å². The predicted octanol–water partition coefficient (Wildman–Crippen LogP) is 1.07. The van der Waals surface area contributed by atoms with Gasteiger partial charge in [0.15, 0.2) is 0 Å². The number of piperazine rings is 1. The van der Waals surface area contributed by atoms with Crippen molar-refractivity contribution in [3.05, 3.63) is 29.8 Å². The zero-order chi connectivity index (χ0) is 11.5. The molecule has 1 aliphatic heterocycles. The van der Waals surface area contributed by atoms with Gasteiger partial charge < -0.3 is 15.5 Å². The highest BCUT2D eigenvalue weighted by Crippen LogP contribution is 2.21. The smallest absolute Gasteiger partial charge is 0.106 e. The third-order valence-corrected chi connectivity index (χ3v) is 3.23. The summed E-state index contributed by atoms with van der Waals surface area (Å²) in [5.41, 5.74) is 7.90. The monoisotopic (exact) mass is 235 g/mol. The average Bonchev–Trinajstić information content (AvgIpc) is 2.30. The lowest BCUT2D eigenvalue weighted by Crippen LogP contribution is -2.45. The molecule has 1 aliphatic rings. The van der Waals surface area contributed by atoms with Crippen molar-refractivity contribution >= 4 is 22.9 Å². The van der Waals surface area contributed by atoms with Crippen molar-refractivity contribution in [1.29, 1.82) is 0 Å². The quantitative estimate of drug-likeness (QED) is 0.777. The van der Waals surface area contributed by atoms with Crippen molar-refractivity contribution < 1.29 is 0 Å². The number of hydrogen-bond donors (Lipinski definition) is 1. The molecule has 16 heavy (non-hydrogen) atoms. The number of hydrogen-bond acceptors (Lipinski definition) is 3. The van der Waals surface area contributed by atoms with Crippen molar-refractivity contribution in [1.82, 2.24) is 4.90 Å². The SMILES string of the molecule is CN1CCN(c2ccccc2C(N)=S)CC1. The van der Waals surface area contributed by atoms with Gasteiger partial charge in [-0.3, -0.25) is 0 Å². The lowest BCUT2D eigenvalue weighted by molar-refractivity contribution is 0.313. The van der Waals surface area contributed by atoms with Crippen LogP contribution >= 0.6 is 12.2 Å². The second-order valence-corrected chi connectivity index (χ2v) is 4.61. The molecular formula is C12H17N3S. The molecule has 0 aliphatic carbocycles. The third kappa shape index (κ3) is 2.33. The van der Waals surface area contributed by atoms with Crippen LogP contribution in [0, 0.1) is 0 Å². The minimum Gasteiger partial charge on any atom is -0.389 e. The third-order valence-electron chi connectivity index (χ3n) is 3.01. The molecule has 0 bridgehead atoms. The first kappa shape index (κ1) is 11.4. The molecule has 1 aromatic carbocycles. The van der Waals surface area contributed by atoms with Gasteiger partial charge in [-0.15, -0.1) is 0 Å². The molecule has 0 radical (unpaired) electrons. The van der Waals surface area contributed by atoms with Gasteiger partial charge in [0.05, 0.1) is 0 Å². The van der Waals surface area contributed by atoms with Crippen LogP contribution in [0.1, 0.15) is 5.56 Å². The Morgan fingerprint density at radius 1 is 1.19 bits per heavy atom. The Morgan fingerprint density at radius 3 is 2.44 bits per heavy atom. The lowest BCUT2D eigenvalue weighted by Gasteiger charge is -2.35. The van der Waals surface area contributed by atoms with Gasteiger partial charge >= 0.3 is 0 Å². The number of anilines is 1. The first-order chi connectivity index (χ1) is 7.68. The molecule has 2 N–H and O–H groups in total. The summed E-state index contributed by atoms with van der Waals surface area (Å²) in [5, 5.41) is 0. The van der Waals surface area contributed by atoms with Gasteiger partial charge in [0.25, 0.3) is 0 Å². The summed E-state index contributed by atoms with van der Waals surface area (Å²) in [7, 11) is 2.15. The number of nitrogens with two attached hydrogens (primary N) is 1. The first-order valence-electron chi connectivity index (χ1n) is 5.51. The van der Waals surface area contributed by atoms with Crippen LogP contribution in [0.2, 0.25) is 0 Å². The number of nitrogens with zero attached hydrogens (tertiary/aromatic N) is 2. The number of para-hydroxylation sites is 1. The molecule has 1 heterocycles. The molecular weight excluding hydrogens is 218 g/mol. The predicted molar refractivity (Wildman–Crippen MR) is 72.0 cm³/mol. The topological polar surface area (TPSA) is 32.5 Å². The zero-order valence-corrected chi connectivity index (χ0v) is 10.3. The van der Waals surface area contributed by atoms with Crippen LogP contribution in [0.25, 0.3) is 0 Å². The van der Waals surface area contributed by atoms with Crippen LogP contribution in [-0.2, 0) is 0 Å². The van der Waals surface area contributed by atoms with E-state index >= 15 is 0 Å². The molecule has 1 aromatic rings. The van der Waals surface area contributed by atoms with Crippen LogP contribution in [-0.4, -0.2) is 43.1 Å². The average molecular weight is 235 g/mol. The van der Waals surface area contributed by atoms with E-state index in [2.05, 4.69) is 22.9 Å². The fraction of sp³-hybridized carbons (Fsp3) is 0.417. The normalized spacial score (nSPS) is 17.4. The van der Waals surface area contributed by atoms with Gasteiger partial charge in [-0.05, 0) is 19.2 Å². The minimum absolute atomic E-state index is 0.481. The molecule has 0 atom stereocenters. The van der Waals surface area contributed by atoms with Crippen LogP contribution < -0.4 is 10.6 Å². The highest BCUT2D eigenvalue weighted by molar-refractivity contribution is 7.80. The Kier molecular flexibility index (Phi) is 3.41. The largest absolute Gasteiger partial charge is 0.389 e. The maximum absolute atomic E-state index is 5.74. The molecule has 1 saturated heterocycles. The van der Waals surface area contributed by atoms with Gasteiger partial charge in [0, 0.05) is 37.4 Å². The van der Waals surface area contributed by atoms with Crippen LogP contribution in [0.3, 0.4) is 0 Å². The Labute approximate surface area is 102 Å². The summed E-state index contributed by atoms with van der Waals surface area (Å²) >= 11 is 5.08. The Hall–Kier alpha value is -1.13. The van der Waals surface area contributed by atoms with E-state index in [-0.39, 0.29) is 0 Å². The minimum atomic E-state index is 0.481. The van der Waals surface area contributed by atoms with E-state index in [1.807, 2.05) is 18.2 Å². The molecule has 2 rings (SSSR count). The van der Waals surface area contributed by atoms with Gasteiger partial charge in [-0.1, -0.05) is 24.4 Å². The fourth-order valence-electron chi connectivity index (χ4n) is 2.01. The van der Waals surface area contributed by atoms with E-state index in [9.17, 15) is 0 Å². The van der Waals surface area contributed by atoms with Crippen LogP contribution in [0.4, 0.5) is 5.69 Å². The second-order valence-electron chi connectivity index (χ2n) is 4.17. The number of benzene rings is 1. The Balaban J connectivity index is 2.23. The van der Waals surface area contributed by atoms with Crippen molar-refractivity contribution in [3.8, 4) is 0 Å². The summed E-state index contributed by atoms with van der Waals surface area (Å²) in [6.45, 7) is 4.25. The summed E-state index contributed by atoms with van der Waals surface area (Å²) in [4.78, 5) is 5.17. The maximum atomic E-state index is 5.74. The lowest BCUT2D eigenvalue weighted by atomic mass is 10.1. The molecule has 0 aromatic heterocycles. The molecule has 0 saturated carbocycles. The second kappa shape index (κ2) is 4.80. The standard InChI is InChI=1S/C12H17N3S/c1-14-6-8-15(9-7-14)11-5-3-2-4-10(11)12(13)16/h2-5H,6-9H2,1H3,(H2,13,16). The maximum Gasteiger partial charge on any atom is 0.106 e. The molecule has 0 amide bonds. The van der Waals surface area contributed by atoms with E-state index in [0.717, 1.165) is 31.7 Å². The molecule has 0 unspecified atom stereocenters. The molecule has 86 valence electrons. The summed E-state index contributed by atoms with van der Waals surface area (Å²) in [5.74, 6) is 0. The highest BCUT2D eigenvalue weighted by Gasteiger charge is 2.17. The van der Waals surface area contributed by atoms with Crippen molar-refractivity contribution in [2.45, 2.75) is 0 Å². The van der Waals surface area contributed by atoms with Crippen molar-refractivity contribution in [3.63, 3.8) is 0 Å². The van der Waals surface area contributed by atoms with E-state index < -0.39 is 0 Å². The molecule has 4 heteroatoms. The Morgan fingerprint density at radius 2 is 1.81 bits per heavy atom. The summed E-state index contributed by atoms with van der Waals surface area (Å²) in [6, 6.07) is 8.11. The van der Waals surface area contributed by atoms with Gasteiger partial charge in [-0.2, -0.15) is 0 Å². The van der Waals surface area contributed by atoms with Gasteiger partial charge in [0.1, 0.15) is 4.99 Å². The van der Waals surface area contributed by atoms with Crippen molar-refractivity contribution in [2.24, 2.45) is 5.73 Å². The summed E-state index contributed by atoms with van der Waals surface area (Å²) < 4.78 is 0. The van der Waals surface area contributed by atoms with Gasteiger partial charge in [-0.25, -0.2) is 0 Å². The van der Waals surface area contributed by atoms with E-state index in [1.54, 1.807) is 0 Å². The highest BCUT2D eigenvalue weighted by atomic mass is 32.1. The van der Waals surface area contributed by atoms with Gasteiger partial charge in [0.2, 0.25) is 0 Å². The van der Waals surface area contributed by atoms with E-state index in [0.29, 0.717) is 4.99 Å². The Bertz CT molecular complexity index is 384. The molecule has 0 spiro atoms. The summed E-state index contributed by atoms with van der Waals surface area (Å²) in [6.07, 6.45) is 0. The number of rotatable bonds is 2. The van der Waals surface area contributed by atoms with Crippen LogP contribution in [0.15, 0.2) is 24.3 Å². The molecule has 3 nitrogen and oxygen atoms in total. The van der Waals surface area contributed by atoms with Crippen molar-refractivity contribution in [2.75, 3.05) is 38.1 Å². The molecule has 1 fully saturated rings. The number of thiocarbonyl (C=S) groups is 1. The van der Waals surface area contributed by atoms with E-state index in [1.165, 1.54) is 5.69 Å². The van der Waals surface area contributed by atoms with E-state index in [4.69, 9.17) is 18.0 Å². The number of likely N-dealkylation sites (N-methyl/N-ethyl adjacent to an activating group) is 1. The fourth-order valence-corrected chi connectivity index (χ4v) is 2.18. The zero-order valence-electron chi connectivity index (χ0n) is 9.52.